The van der Waals surface area contributed by atoms with Crippen LogP contribution in [-0.4, -0.2) is 19.1 Å². The van der Waals surface area contributed by atoms with E-state index in [1.807, 2.05) is 6.07 Å². The number of anilines is 1. The number of hydrogen-bond donors (Lipinski definition) is 1. The highest BCUT2D eigenvalue weighted by atomic mass is 19.1. The lowest BCUT2D eigenvalue weighted by Crippen LogP contribution is -2.30. The van der Waals surface area contributed by atoms with Crippen molar-refractivity contribution in [3.63, 3.8) is 0 Å². The quantitative estimate of drug-likeness (QED) is 0.755. The zero-order chi connectivity index (χ0) is 10.3. The van der Waals surface area contributed by atoms with E-state index in [0.29, 0.717) is 6.04 Å². The Hall–Kier alpha value is -1.09. The molecule has 3 rings (SSSR count). The summed E-state index contributed by atoms with van der Waals surface area (Å²) in [5.74, 6) is -0.124. The maximum absolute atomic E-state index is 13.2. The maximum Gasteiger partial charge on any atom is 0.125 e. The van der Waals surface area contributed by atoms with Crippen LogP contribution in [0.15, 0.2) is 18.2 Å². The number of rotatable bonds is 1. The smallest absolute Gasteiger partial charge is 0.125 e. The Morgan fingerprint density at radius 3 is 3.00 bits per heavy atom. The molecule has 1 N–H and O–H groups in total. The highest BCUT2D eigenvalue weighted by Gasteiger charge is 2.31. The van der Waals surface area contributed by atoms with Gasteiger partial charge in [-0.1, -0.05) is 6.07 Å². The summed E-state index contributed by atoms with van der Waals surface area (Å²) in [6.07, 6.45) is 2.52. The summed E-state index contributed by atoms with van der Waals surface area (Å²) >= 11 is 0. The number of benzene rings is 1. The van der Waals surface area contributed by atoms with Crippen LogP contribution in [-0.2, 0) is 6.54 Å². The molecule has 1 aromatic carbocycles. The second kappa shape index (κ2) is 3.49. The Morgan fingerprint density at radius 2 is 2.20 bits per heavy atom. The van der Waals surface area contributed by atoms with Crippen LogP contribution in [0.1, 0.15) is 18.4 Å². The zero-order valence-corrected chi connectivity index (χ0v) is 8.67. The van der Waals surface area contributed by atoms with E-state index in [2.05, 4.69) is 10.2 Å². The second-order valence-electron chi connectivity index (χ2n) is 4.37. The van der Waals surface area contributed by atoms with Crippen molar-refractivity contribution in [1.29, 1.82) is 0 Å². The third-order valence-corrected chi connectivity index (χ3v) is 3.19. The first kappa shape index (κ1) is 9.16. The van der Waals surface area contributed by atoms with Gasteiger partial charge in [-0.3, -0.25) is 0 Å². The Labute approximate surface area is 89.1 Å². The summed E-state index contributed by atoms with van der Waals surface area (Å²) in [5.41, 5.74) is 2.32. The lowest BCUT2D eigenvalue weighted by molar-refractivity contribution is 0.626. The van der Waals surface area contributed by atoms with Gasteiger partial charge in [0, 0.05) is 31.4 Å². The highest BCUT2D eigenvalue weighted by molar-refractivity contribution is 5.56. The fourth-order valence-corrected chi connectivity index (χ4v) is 2.26. The number of nitrogens with zero attached hydrogens (tertiary/aromatic N) is 1. The van der Waals surface area contributed by atoms with E-state index < -0.39 is 0 Å². The molecule has 1 saturated carbocycles. The summed E-state index contributed by atoms with van der Waals surface area (Å²) in [6.45, 7) is 2.85. The van der Waals surface area contributed by atoms with Crippen LogP contribution in [0, 0.1) is 5.82 Å². The van der Waals surface area contributed by atoms with Crippen molar-refractivity contribution in [2.24, 2.45) is 0 Å². The van der Waals surface area contributed by atoms with Crippen molar-refractivity contribution in [2.45, 2.75) is 25.4 Å². The van der Waals surface area contributed by atoms with E-state index in [0.717, 1.165) is 25.3 Å². The molecule has 3 heteroatoms. The lowest BCUT2D eigenvalue weighted by atomic mass is 10.1. The molecule has 0 amide bonds. The molecule has 1 fully saturated rings. The van der Waals surface area contributed by atoms with Gasteiger partial charge >= 0.3 is 0 Å². The van der Waals surface area contributed by atoms with Crippen molar-refractivity contribution >= 4 is 5.69 Å². The summed E-state index contributed by atoms with van der Waals surface area (Å²) in [7, 11) is 0. The number of fused-ring (bicyclic) bond motifs is 1. The highest BCUT2D eigenvalue weighted by Crippen LogP contribution is 2.34. The van der Waals surface area contributed by atoms with E-state index in [4.69, 9.17) is 0 Å². The van der Waals surface area contributed by atoms with Crippen molar-refractivity contribution in [2.75, 3.05) is 18.0 Å². The summed E-state index contributed by atoms with van der Waals surface area (Å²) in [5, 5.41) is 3.37. The van der Waals surface area contributed by atoms with Gasteiger partial charge in [0.25, 0.3) is 0 Å². The molecule has 2 nitrogen and oxygen atoms in total. The summed E-state index contributed by atoms with van der Waals surface area (Å²) in [4.78, 5) is 2.36. The number of halogens is 1. The minimum absolute atomic E-state index is 0.124. The number of hydrogen-bond acceptors (Lipinski definition) is 2. The molecule has 0 unspecified atom stereocenters. The lowest BCUT2D eigenvalue weighted by Gasteiger charge is -2.24. The van der Waals surface area contributed by atoms with Crippen LogP contribution in [0.5, 0.6) is 0 Å². The maximum atomic E-state index is 13.2. The normalized spacial score (nSPS) is 21.0. The molecule has 0 aromatic heterocycles. The summed E-state index contributed by atoms with van der Waals surface area (Å²) < 4.78 is 13.2. The van der Waals surface area contributed by atoms with Gasteiger partial charge in [0.05, 0.1) is 0 Å². The molecule has 2 aliphatic rings. The van der Waals surface area contributed by atoms with E-state index in [9.17, 15) is 4.39 Å². The molecule has 0 atom stereocenters. The first-order chi connectivity index (χ1) is 7.34. The first-order valence-electron chi connectivity index (χ1n) is 5.60. The van der Waals surface area contributed by atoms with Gasteiger partial charge in [0.1, 0.15) is 5.82 Å². The molecule has 0 saturated heterocycles. The topological polar surface area (TPSA) is 15.3 Å². The average Bonchev–Trinajstić information content (AvgIpc) is 3.01. The van der Waals surface area contributed by atoms with Crippen molar-refractivity contribution in [3.05, 3.63) is 29.6 Å². The molecule has 1 aliphatic heterocycles. The van der Waals surface area contributed by atoms with Crippen molar-refractivity contribution in [3.8, 4) is 0 Å². The SMILES string of the molecule is Fc1ccc2c(c1)N(C1CC1)CCNC2. The summed E-state index contributed by atoms with van der Waals surface area (Å²) in [6, 6.07) is 5.79. The molecular weight excluding hydrogens is 191 g/mol. The molecular formula is C12H15FN2. The van der Waals surface area contributed by atoms with E-state index in [1.54, 1.807) is 12.1 Å². The van der Waals surface area contributed by atoms with E-state index in [-0.39, 0.29) is 5.82 Å². The predicted molar refractivity (Wildman–Crippen MR) is 58.5 cm³/mol. The number of nitrogens with one attached hydrogen (secondary N) is 1. The fraction of sp³-hybridized carbons (Fsp3) is 0.500. The zero-order valence-electron chi connectivity index (χ0n) is 8.67. The van der Waals surface area contributed by atoms with Crippen LogP contribution >= 0.6 is 0 Å². The Bertz CT molecular complexity index is 374. The van der Waals surface area contributed by atoms with Gasteiger partial charge in [-0.15, -0.1) is 0 Å². The van der Waals surface area contributed by atoms with Crippen molar-refractivity contribution < 1.29 is 4.39 Å². The molecule has 0 bridgehead atoms. The van der Waals surface area contributed by atoms with Gasteiger partial charge in [-0.2, -0.15) is 0 Å². The first-order valence-corrected chi connectivity index (χ1v) is 5.60. The van der Waals surface area contributed by atoms with Crippen LogP contribution in [0.4, 0.5) is 10.1 Å². The minimum Gasteiger partial charge on any atom is -0.367 e. The minimum atomic E-state index is -0.124. The van der Waals surface area contributed by atoms with Crippen LogP contribution in [0.25, 0.3) is 0 Å². The van der Waals surface area contributed by atoms with Gasteiger partial charge in [-0.05, 0) is 30.5 Å². The van der Waals surface area contributed by atoms with Gasteiger partial charge in [0.2, 0.25) is 0 Å². The molecule has 1 heterocycles. The van der Waals surface area contributed by atoms with Gasteiger partial charge in [-0.25, -0.2) is 4.39 Å². The van der Waals surface area contributed by atoms with Gasteiger partial charge < -0.3 is 10.2 Å². The van der Waals surface area contributed by atoms with Crippen molar-refractivity contribution in [1.82, 2.24) is 5.32 Å². The second-order valence-corrected chi connectivity index (χ2v) is 4.37. The molecule has 0 spiro atoms. The van der Waals surface area contributed by atoms with E-state index >= 15 is 0 Å². The Morgan fingerprint density at radius 1 is 1.33 bits per heavy atom. The molecule has 15 heavy (non-hydrogen) atoms. The van der Waals surface area contributed by atoms with Crippen LogP contribution in [0.2, 0.25) is 0 Å². The largest absolute Gasteiger partial charge is 0.367 e. The third-order valence-electron chi connectivity index (χ3n) is 3.19. The standard InChI is InChI=1S/C12H15FN2/c13-10-2-1-9-8-14-5-6-15(11-3-4-11)12(9)7-10/h1-2,7,11,14H,3-6,8H2. The predicted octanol–water partition coefficient (Wildman–Crippen LogP) is 1.90. The molecule has 1 aromatic rings. The fourth-order valence-electron chi connectivity index (χ4n) is 2.26. The molecule has 1 aliphatic carbocycles. The van der Waals surface area contributed by atoms with Crippen LogP contribution in [0.3, 0.4) is 0 Å². The Balaban J connectivity index is 2.02. The van der Waals surface area contributed by atoms with Crippen LogP contribution < -0.4 is 10.2 Å². The molecule has 0 radical (unpaired) electrons. The monoisotopic (exact) mass is 206 g/mol. The van der Waals surface area contributed by atoms with Gasteiger partial charge in [0.15, 0.2) is 0 Å². The Kier molecular flexibility index (Phi) is 2.13. The third kappa shape index (κ3) is 1.72. The van der Waals surface area contributed by atoms with E-state index in [1.165, 1.54) is 18.4 Å². The molecule has 80 valence electrons. The average molecular weight is 206 g/mol.